The number of halogens is 1. The van der Waals surface area contributed by atoms with Crippen molar-refractivity contribution in [2.45, 2.75) is 13.0 Å². The first-order valence-corrected chi connectivity index (χ1v) is 15.5. The molecule has 1 aliphatic heterocycles. The van der Waals surface area contributed by atoms with Crippen molar-refractivity contribution in [3.8, 4) is 22.8 Å². The summed E-state index contributed by atoms with van der Waals surface area (Å²) in [6.45, 7) is 1.83. The van der Waals surface area contributed by atoms with E-state index in [1.54, 1.807) is 49.4 Å². The fourth-order valence-electron chi connectivity index (χ4n) is 5.30. The second-order valence-electron chi connectivity index (χ2n) is 10.2. The number of carbonyl (C=O) groups is 1. The van der Waals surface area contributed by atoms with Gasteiger partial charge in [0, 0.05) is 23.3 Å². The normalized spacial score (nSPS) is 14.4. The second kappa shape index (κ2) is 13.1. The minimum absolute atomic E-state index is 0.00716. The molecule has 5 aromatic rings. The smallest absolute Gasteiger partial charge is 0.338 e. The SMILES string of the molecule is CCOC(=O)C1=C(c2ccccc2)N=c2s/c(=C\c3ccc(-c4ccc(Cl)c([N+](=O)[O-])c4)o3)c(=O)n2[C@@H]1c1ccc(OC)c(OC)c1. The molecular weight excluding hydrogens is 646 g/mol. The number of thiazole rings is 1. The van der Waals surface area contributed by atoms with Crippen molar-refractivity contribution in [2.75, 3.05) is 20.8 Å². The molecule has 0 saturated carbocycles. The summed E-state index contributed by atoms with van der Waals surface area (Å²) in [5, 5.41) is 11.4. The molecule has 0 spiro atoms. The maximum absolute atomic E-state index is 14.2. The number of aromatic nitrogens is 1. The number of esters is 1. The first kappa shape index (κ1) is 31.5. The maximum Gasteiger partial charge on any atom is 0.338 e. The van der Waals surface area contributed by atoms with E-state index in [-0.39, 0.29) is 27.4 Å². The number of carbonyl (C=O) groups excluding carboxylic acids is 1. The van der Waals surface area contributed by atoms with Gasteiger partial charge in [-0.15, -0.1) is 0 Å². The number of rotatable bonds is 9. The number of ether oxygens (including phenoxy) is 3. The lowest BCUT2D eigenvalue weighted by molar-refractivity contribution is -0.384. The number of fused-ring (bicyclic) bond motifs is 1. The molecule has 1 atom stereocenters. The van der Waals surface area contributed by atoms with E-state index in [1.807, 2.05) is 30.3 Å². The van der Waals surface area contributed by atoms with Crippen molar-refractivity contribution in [1.29, 1.82) is 0 Å². The van der Waals surface area contributed by atoms with E-state index in [0.717, 1.165) is 11.3 Å². The number of furan rings is 1. The molecule has 11 nitrogen and oxygen atoms in total. The van der Waals surface area contributed by atoms with Crippen molar-refractivity contribution < 1.29 is 28.3 Å². The third-order valence-corrected chi connectivity index (χ3v) is 8.73. The molecule has 1 aliphatic rings. The van der Waals surface area contributed by atoms with Crippen molar-refractivity contribution in [3.63, 3.8) is 0 Å². The predicted octanol–water partition coefficient (Wildman–Crippen LogP) is 5.77. The van der Waals surface area contributed by atoms with Crippen molar-refractivity contribution in [2.24, 2.45) is 4.99 Å². The Morgan fingerprint density at radius 3 is 2.51 bits per heavy atom. The van der Waals surface area contributed by atoms with Crippen LogP contribution in [-0.4, -0.2) is 36.3 Å². The van der Waals surface area contributed by atoms with Crippen molar-refractivity contribution in [1.82, 2.24) is 4.57 Å². The van der Waals surface area contributed by atoms with Crippen LogP contribution in [0.15, 0.2) is 98.6 Å². The first-order chi connectivity index (χ1) is 22.7. The Morgan fingerprint density at radius 2 is 1.81 bits per heavy atom. The summed E-state index contributed by atoms with van der Waals surface area (Å²) < 4.78 is 24.2. The highest BCUT2D eigenvalue weighted by Crippen LogP contribution is 2.38. The van der Waals surface area contributed by atoms with Crippen LogP contribution in [0.3, 0.4) is 0 Å². The van der Waals surface area contributed by atoms with Gasteiger partial charge in [0.1, 0.15) is 16.5 Å². The lowest BCUT2D eigenvalue weighted by Gasteiger charge is -2.26. The van der Waals surface area contributed by atoms with Crippen LogP contribution in [0.1, 0.15) is 29.9 Å². The highest BCUT2D eigenvalue weighted by molar-refractivity contribution is 7.07. The zero-order valence-corrected chi connectivity index (χ0v) is 26.8. The summed E-state index contributed by atoms with van der Waals surface area (Å²) in [7, 11) is 3.02. The Labute approximate surface area is 276 Å². The number of methoxy groups -OCH3 is 2. The molecule has 0 saturated heterocycles. The molecule has 13 heteroatoms. The number of benzene rings is 3. The average molecular weight is 672 g/mol. The quantitative estimate of drug-likeness (QED) is 0.109. The lowest BCUT2D eigenvalue weighted by Crippen LogP contribution is -2.40. The van der Waals surface area contributed by atoms with E-state index in [0.29, 0.717) is 50.2 Å². The molecule has 0 radical (unpaired) electrons. The molecule has 0 fully saturated rings. The topological polar surface area (TPSA) is 135 Å². The van der Waals surface area contributed by atoms with E-state index in [9.17, 15) is 19.7 Å². The number of nitro benzene ring substituents is 1. The molecule has 47 heavy (non-hydrogen) atoms. The molecule has 3 aromatic carbocycles. The zero-order chi connectivity index (χ0) is 33.2. The Balaban J connectivity index is 1.55. The van der Waals surface area contributed by atoms with Gasteiger partial charge in [0.05, 0.1) is 47.6 Å². The van der Waals surface area contributed by atoms with Crippen LogP contribution in [0.4, 0.5) is 5.69 Å². The third kappa shape index (κ3) is 5.96. The van der Waals surface area contributed by atoms with Gasteiger partial charge in [0.2, 0.25) is 0 Å². The fraction of sp³-hybridized carbons (Fsp3) is 0.147. The largest absolute Gasteiger partial charge is 0.493 e. The van der Waals surface area contributed by atoms with E-state index < -0.39 is 22.5 Å². The number of nitrogens with zero attached hydrogens (tertiary/aromatic N) is 3. The van der Waals surface area contributed by atoms with Gasteiger partial charge in [-0.1, -0.05) is 59.3 Å². The summed E-state index contributed by atoms with van der Waals surface area (Å²) in [5.74, 6) is 0.964. The van der Waals surface area contributed by atoms with Crippen LogP contribution in [0, 0.1) is 10.1 Å². The van der Waals surface area contributed by atoms with Crippen molar-refractivity contribution >= 4 is 46.4 Å². The van der Waals surface area contributed by atoms with Crippen LogP contribution in [0.2, 0.25) is 5.02 Å². The number of hydrogen-bond donors (Lipinski definition) is 0. The second-order valence-corrected chi connectivity index (χ2v) is 11.6. The Kier molecular flexibility index (Phi) is 8.79. The monoisotopic (exact) mass is 671 g/mol. The van der Waals surface area contributed by atoms with Crippen LogP contribution < -0.4 is 24.4 Å². The molecule has 2 aromatic heterocycles. The first-order valence-electron chi connectivity index (χ1n) is 14.3. The maximum atomic E-state index is 14.2. The van der Waals surface area contributed by atoms with Gasteiger partial charge < -0.3 is 18.6 Å². The summed E-state index contributed by atoms with van der Waals surface area (Å²) in [4.78, 5) is 43.9. The number of hydrogen-bond acceptors (Lipinski definition) is 10. The van der Waals surface area contributed by atoms with E-state index >= 15 is 0 Å². The zero-order valence-electron chi connectivity index (χ0n) is 25.3. The standard InChI is InChI=1S/C34H26ClN3O8S/c1-4-45-33(40)29-30(19-8-6-5-7-9-19)36-34-37(31(29)21-11-14-26(43-2)27(17-21)44-3)32(39)28(47-34)18-22-12-15-25(46-22)20-10-13-23(35)24(16-20)38(41)42/h5-18,31H,4H2,1-3H3/b28-18-/t31-/m1/s1. The number of nitro groups is 1. The summed E-state index contributed by atoms with van der Waals surface area (Å²) in [6.07, 6.45) is 1.57. The van der Waals surface area contributed by atoms with Gasteiger partial charge in [0.25, 0.3) is 11.2 Å². The average Bonchev–Trinajstić information content (AvgIpc) is 3.68. The Morgan fingerprint density at radius 1 is 1.04 bits per heavy atom. The molecule has 3 heterocycles. The highest BCUT2D eigenvalue weighted by Gasteiger charge is 2.35. The van der Waals surface area contributed by atoms with E-state index in [1.165, 1.54) is 30.9 Å². The van der Waals surface area contributed by atoms with E-state index in [2.05, 4.69) is 0 Å². The summed E-state index contributed by atoms with van der Waals surface area (Å²) >= 11 is 7.11. The van der Waals surface area contributed by atoms with Crippen molar-refractivity contribution in [3.05, 3.63) is 136 Å². The van der Waals surface area contributed by atoms with Gasteiger partial charge in [-0.2, -0.15) is 0 Å². The molecule has 6 rings (SSSR count). The van der Waals surface area contributed by atoms with Gasteiger partial charge in [-0.25, -0.2) is 9.79 Å². The van der Waals surface area contributed by atoms with Crippen LogP contribution in [0.25, 0.3) is 23.1 Å². The van der Waals surface area contributed by atoms with Crippen LogP contribution in [-0.2, 0) is 9.53 Å². The highest BCUT2D eigenvalue weighted by atomic mass is 35.5. The molecule has 0 amide bonds. The Bertz CT molecular complexity index is 2240. The third-order valence-electron chi connectivity index (χ3n) is 7.42. The van der Waals surface area contributed by atoms with Gasteiger partial charge in [-0.05, 0) is 48.9 Å². The van der Waals surface area contributed by atoms with Gasteiger partial charge in [0.15, 0.2) is 16.3 Å². The Hall–Kier alpha value is -5.46. The molecule has 0 N–H and O–H groups in total. The van der Waals surface area contributed by atoms with Gasteiger partial charge in [-0.3, -0.25) is 19.5 Å². The molecule has 0 aliphatic carbocycles. The predicted molar refractivity (Wildman–Crippen MR) is 176 cm³/mol. The molecular formula is C34H26ClN3O8S. The minimum Gasteiger partial charge on any atom is -0.493 e. The minimum atomic E-state index is -0.927. The molecule has 0 bridgehead atoms. The van der Waals surface area contributed by atoms with Gasteiger partial charge >= 0.3 is 5.97 Å². The van der Waals surface area contributed by atoms with E-state index in [4.69, 9.17) is 35.2 Å². The van der Waals surface area contributed by atoms with Crippen LogP contribution >= 0.6 is 22.9 Å². The molecule has 238 valence electrons. The fourth-order valence-corrected chi connectivity index (χ4v) is 6.47. The summed E-state index contributed by atoms with van der Waals surface area (Å²) in [6, 6.07) is 21.1. The summed E-state index contributed by atoms with van der Waals surface area (Å²) in [5.41, 5.74) is 1.59. The molecule has 0 unspecified atom stereocenters. The van der Waals surface area contributed by atoms with Crippen LogP contribution in [0.5, 0.6) is 11.5 Å². The lowest BCUT2D eigenvalue weighted by atomic mass is 9.93.